The molecule has 0 unspecified atom stereocenters. The summed E-state index contributed by atoms with van der Waals surface area (Å²) >= 11 is 0. The summed E-state index contributed by atoms with van der Waals surface area (Å²) in [4.78, 5) is 0. The van der Waals surface area contributed by atoms with Gasteiger partial charge in [-0.25, -0.2) is 0 Å². The Hall–Kier alpha value is -1.63. The normalized spacial score (nSPS) is 10.4. The average molecular weight is 212 g/mol. The molecular formula is C15H18N+. The molecule has 0 saturated heterocycles. The largest absolute Gasteiger partial charge is 0.212 e. The number of aryl methyl sites for hydroxylation is 2. The molecule has 1 heteroatoms. The van der Waals surface area contributed by atoms with Gasteiger partial charge in [0.1, 0.15) is 6.54 Å². The highest BCUT2D eigenvalue weighted by molar-refractivity contribution is 5.60. The minimum Gasteiger partial charge on any atom is -0.199 e. The molecule has 0 saturated carbocycles. The number of pyridine rings is 1. The molecular weight excluding hydrogens is 194 g/mol. The molecule has 1 heterocycles. The van der Waals surface area contributed by atoms with E-state index in [-0.39, 0.29) is 0 Å². The standard InChI is InChI=1S/C15H18N/c1-3-13-9-5-6-10-14(13)15-11-7-8-12-16(15)4-2/h5-12H,3-4H2,1-2H3/q+1. The van der Waals surface area contributed by atoms with E-state index in [0.717, 1.165) is 13.0 Å². The van der Waals surface area contributed by atoms with Crippen molar-refractivity contribution >= 4 is 0 Å². The van der Waals surface area contributed by atoms with Crippen LogP contribution in [0, 0.1) is 0 Å². The van der Waals surface area contributed by atoms with Crippen molar-refractivity contribution < 1.29 is 4.57 Å². The van der Waals surface area contributed by atoms with Gasteiger partial charge in [0.05, 0.1) is 0 Å². The number of aromatic nitrogens is 1. The first kappa shape index (κ1) is 10.9. The third kappa shape index (κ3) is 1.99. The predicted molar refractivity (Wildman–Crippen MR) is 67.1 cm³/mol. The van der Waals surface area contributed by atoms with Crippen LogP contribution in [0.5, 0.6) is 0 Å². The number of benzene rings is 1. The Bertz CT molecular complexity index is 429. The van der Waals surface area contributed by atoms with Gasteiger partial charge in [-0.2, -0.15) is 4.57 Å². The first-order valence-corrected chi connectivity index (χ1v) is 5.93. The maximum Gasteiger partial charge on any atom is 0.212 e. The lowest BCUT2D eigenvalue weighted by molar-refractivity contribution is -0.682. The average Bonchev–Trinajstić information content (AvgIpc) is 2.38. The van der Waals surface area contributed by atoms with Gasteiger partial charge in [0, 0.05) is 17.7 Å². The minimum atomic E-state index is 1.01. The monoisotopic (exact) mass is 212 g/mol. The van der Waals surface area contributed by atoms with Gasteiger partial charge in [0.25, 0.3) is 0 Å². The van der Waals surface area contributed by atoms with Crippen LogP contribution in [0.3, 0.4) is 0 Å². The Morgan fingerprint density at radius 2 is 1.69 bits per heavy atom. The zero-order valence-corrected chi connectivity index (χ0v) is 9.98. The molecule has 0 radical (unpaired) electrons. The summed E-state index contributed by atoms with van der Waals surface area (Å²) < 4.78 is 2.29. The minimum absolute atomic E-state index is 1.01. The zero-order chi connectivity index (χ0) is 11.4. The van der Waals surface area contributed by atoms with Crippen LogP contribution in [0.25, 0.3) is 11.3 Å². The third-order valence-corrected chi connectivity index (χ3v) is 2.96. The van der Waals surface area contributed by atoms with Crippen molar-refractivity contribution in [1.29, 1.82) is 0 Å². The van der Waals surface area contributed by atoms with E-state index in [9.17, 15) is 0 Å². The molecule has 0 spiro atoms. The van der Waals surface area contributed by atoms with E-state index in [1.54, 1.807) is 0 Å². The van der Waals surface area contributed by atoms with Crippen molar-refractivity contribution in [3.63, 3.8) is 0 Å². The Morgan fingerprint density at radius 1 is 0.938 bits per heavy atom. The van der Waals surface area contributed by atoms with E-state index >= 15 is 0 Å². The molecule has 82 valence electrons. The highest BCUT2D eigenvalue weighted by Crippen LogP contribution is 2.20. The fourth-order valence-corrected chi connectivity index (χ4v) is 2.08. The molecule has 0 fully saturated rings. The van der Waals surface area contributed by atoms with Crippen molar-refractivity contribution in [2.24, 2.45) is 0 Å². The summed E-state index contributed by atoms with van der Waals surface area (Å²) in [5.41, 5.74) is 4.07. The summed E-state index contributed by atoms with van der Waals surface area (Å²) in [6, 6.07) is 15.0. The van der Waals surface area contributed by atoms with Crippen LogP contribution in [-0.2, 0) is 13.0 Å². The first-order chi connectivity index (χ1) is 7.86. The fraction of sp³-hybridized carbons (Fsp3) is 0.267. The van der Waals surface area contributed by atoms with Crippen LogP contribution in [0.1, 0.15) is 19.4 Å². The van der Waals surface area contributed by atoms with Crippen LogP contribution in [0.2, 0.25) is 0 Å². The quantitative estimate of drug-likeness (QED) is 0.688. The second kappa shape index (κ2) is 4.93. The van der Waals surface area contributed by atoms with Gasteiger partial charge in [-0.3, -0.25) is 0 Å². The fourth-order valence-electron chi connectivity index (χ4n) is 2.08. The van der Waals surface area contributed by atoms with E-state index in [2.05, 4.69) is 67.1 Å². The van der Waals surface area contributed by atoms with E-state index in [0.29, 0.717) is 0 Å². The number of hydrogen-bond donors (Lipinski definition) is 0. The highest BCUT2D eigenvalue weighted by atomic mass is 14.9. The summed E-state index contributed by atoms with van der Waals surface area (Å²) in [6.07, 6.45) is 3.22. The van der Waals surface area contributed by atoms with Crippen LogP contribution >= 0.6 is 0 Å². The SMILES string of the molecule is CCc1ccccc1-c1cccc[n+]1CC. The van der Waals surface area contributed by atoms with E-state index in [1.165, 1.54) is 16.8 Å². The van der Waals surface area contributed by atoms with Crippen molar-refractivity contribution in [3.8, 4) is 11.3 Å². The molecule has 0 aliphatic heterocycles. The molecule has 2 rings (SSSR count). The maximum atomic E-state index is 2.29. The molecule has 1 nitrogen and oxygen atoms in total. The number of hydrogen-bond acceptors (Lipinski definition) is 0. The van der Waals surface area contributed by atoms with E-state index in [1.807, 2.05) is 0 Å². The van der Waals surface area contributed by atoms with Crippen molar-refractivity contribution in [3.05, 3.63) is 54.2 Å². The Morgan fingerprint density at radius 3 is 2.44 bits per heavy atom. The second-order valence-electron chi connectivity index (χ2n) is 3.88. The third-order valence-electron chi connectivity index (χ3n) is 2.96. The Kier molecular flexibility index (Phi) is 3.35. The zero-order valence-electron chi connectivity index (χ0n) is 9.98. The summed E-state index contributed by atoms with van der Waals surface area (Å²) in [6.45, 7) is 5.39. The molecule has 2 aromatic rings. The van der Waals surface area contributed by atoms with E-state index < -0.39 is 0 Å². The summed E-state index contributed by atoms with van der Waals surface area (Å²) in [5, 5.41) is 0. The lowest BCUT2D eigenvalue weighted by Crippen LogP contribution is -2.34. The Labute approximate surface area is 97.4 Å². The maximum absolute atomic E-state index is 2.29. The van der Waals surface area contributed by atoms with Crippen LogP contribution in [0.15, 0.2) is 48.7 Å². The van der Waals surface area contributed by atoms with Gasteiger partial charge in [0.2, 0.25) is 5.69 Å². The van der Waals surface area contributed by atoms with Crippen molar-refractivity contribution in [2.75, 3.05) is 0 Å². The van der Waals surface area contributed by atoms with Gasteiger partial charge < -0.3 is 0 Å². The number of rotatable bonds is 3. The van der Waals surface area contributed by atoms with Crippen LogP contribution in [-0.4, -0.2) is 0 Å². The van der Waals surface area contributed by atoms with E-state index in [4.69, 9.17) is 0 Å². The molecule has 0 atom stereocenters. The lowest BCUT2D eigenvalue weighted by atomic mass is 10.0. The molecule has 16 heavy (non-hydrogen) atoms. The first-order valence-electron chi connectivity index (χ1n) is 5.93. The van der Waals surface area contributed by atoms with Gasteiger partial charge in [0.15, 0.2) is 6.20 Å². The molecule has 1 aromatic heterocycles. The topological polar surface area (TPSA) is 3.88 Å². The molecule has 1 aromatic carbocycles. The Balaban J connectivity index is 2.58. The predicted octanol–water partition coefficient (Wildman–Crippen LogP) is 3.22. The summed E-state index contributed by atoms with van der Waals surface area (Å²) in [5.74, 6) is 0. The second-order valence-corrected chi connectivity index (χ2v) is 3.88. The highest BCUT2D eigenvalue weighted by Gasteiger charge is 2.12. The molecule has 0 aliphatic rings. The lowest BCUT2D eigenvalue weighted by Gasteiger charge is -2.06. The molecule has 0 amide bonds. The van der Waals surface area contributed by atoms with Gasteiger partial charge >= 0.3 is 0 Å². The number of nitrogens with zero attached hydrogens (tertiary/aromatic N) is 1. The van der Waals surface area contributed by atoms with Crippen molar-refractivity contribution in [1.82, 2.24) is 0 Å². The smallest absolute Gasteiger partial charge is 0.199 e. The van der Waals surface area contributed by atoms with Gasteiger partial charge in [-0.15, -0.1) is 0 Å². The van der Waals surface area contributed by atoms with Crippen LogP contribution in [0.4, 0.5) is 0 Å². The van der Waals surface area contributed by atoms with Crippen LogP contribution < -0.4 is 4.57 Å². The summed E-state index contributed by atoms with van der Waals surface area (Å²) in [7, 11) is 0. The van der Waals surface area contributed by atoms with Crippen molar-refractivity contribution in [2.45, 2.75) is 26.8 Å². The van der Waals surface area contributed by atoms with Gasteiger partial charge in [-0.1, -0.05) is 25.1 Å². The molecule has 0 aliphatic carbocycles. The molecule has 0 bridgehead atoms. The molecule has 0 N–H and O–H groups in total. The van der Waals surface area contributed by atoms with Gasteiger partial charge in [-0.05, 0) is 31.0 Å².